The largest absolute Gasteiger partial charge is 0.481 e. The van der Waals surface area contributed by atoms with Crippen LogP contribution in [0.3, 0.4) is 0 Å². The van der Waals surface area contributed by atoms with Gasteiger partial charge in [-0.1, -0.05) is 17.7 Å². The van der Waals surface area contributed by atoms with Crippen LogP contribution in [0.4, 0.5) is 5.82 Å². The highest BCUT2D eigenvalue weighted by atomic mass is 35.5. The summed E-state index contributed by atoms with van der Waals surface area (Å²) in [5.41, 5.74) is 0.955. The van der Waals surface area contributed by atoms with Crippen molar-refractivity contribution in [3.05, 3.63) is 47.2 Å². The molecule has 5 heteroatoms. The van der Waals surface area contributed by atoms with Crippen LogP contribution in [0.1, 0.15) is 5.56 Å². The van der Waals surface area contributed by atoms with Gasteiger partial charge in [-0.25, -0.2) is 9.97 Å². The van der Waals surface area contributed by atoms with E-state index in [1.165, 1.54) is 0 Å². The summed E-state index contributed by atoms with van der Waals surface area (Å²) >= 11 is 5.99. The normalized spacial score (nSPS) is 10.0. The third kappa shape index (κ3) is 2.85. The Bertz CT molecular complexity index is 505. The van der Waals surface area contributed by atoms with E-state index in [1.54, 1.807) is 31.6 Å². The van der Waals surface area contributed by atoms with Crippen LogP contribution < -0.4 is 10.1 Å². The maximum atomic E-state index is 5.99. The predicted molar refractivity (Wildman–Crippen MR) is 67.4 cm³/mol. The molecule has 0 aliphatic carbocycles. The molecule has 0 spiro atoms. The van der Waals surface area contributed by atoms with Gasteiger partial charge in [0.15, 0.2) is 0 Å². The van der Waals surface area contributed by atoms with Crippen LogP contribution >= 0.6 is 11.6 Å². The fourth-order valence-corrected chi connectivity index (χ4v) is 1.63. The molecule has 2 rings (SSSR count). The average molecular weight is 250 g/mol. The van der Waals surface area contributed by atoms with Crippen molar-refractivity contribution in [3.63, 3.8) is 0 Å². The topological polar surface area (TPSA) is 47.0 Å². The maximum Gasteiger partial charge on any atom is 0.218 e. The molecule has 2 heterocycles. The van der Waals surface area contributed by atoms with Crippen molar-refractivity contribution in [2.24, 2.45) is 0 Å². The number of methoxy groups -OCH3 is 1. The minimum Gasteiger partial charge on any atom is -0.481 e. The quantitative estimate of drug-likeness (QED) is 0.905. The van der Waals surface area contributed by atoms with Gasteiger partial charge in [0.2, 0.25) is 5.88 Å². The van der Waals surface area contributed by atoms with Gasteiger partial charge in [0.05, 0.1) is 12.1 Å². The van der Waals surface area contributed by atoms with E-state index in [2.05, 4.69) is 15.3 Å². The zero-order valence-electron chi connectivity index (χ0n) is 9.35. The molecule has 0 aliphatic rings. The Morgan fingerprint density at radius 2 is 2.00 bits per heavy atom. The lowest BCUT2D eigenvalue weighted by Crippen LogP contribution is -2.04. The number of anilines is 1. The zero-order valence-corrected chi connectivity index (χ0v) is 10.1. The number of ether oxygens (including phenoxy) is 1. The molecule has 0 aliphatic heterocycles. The lowest BCUT2D eigenvalue weighted by Gasteiger charge is -2.09. The average Bonchev–Trinajstić information content (AvgIpc) is 2.38. The first-order valence-electron chi connectivity index (χ1n) is 5.13. The second-order valence-electron chi connectivity index (χ2n) is 3.36. The smallest absolute Gasteiger partial charge is 0.218 e. The van der Waals surface area contributed by atoms with Crippen molar-refractivity contribution in [2.45, 2.75) is 6.54 Å². The van der Waals surface area contributed by atoms with Crippen molar-refractivity contribution >= 4 is 17.4 Å². The lowest BCUT2D eigenvalue weighted by atomic mass is 10.2. The SMILES string of the molecule is COc1ncccc1CNc1ncccc1Cl. The Balaban J connectivity index is 2.10. The van der Waals surface area contributed by atoms with E-state index in [9.17, 15) is 0 Å². The molecule has 0 saturated heterocycles. The van der Waals surface area contributed by atoms with Gasteiger partial charge in [0, 0.05) is 24.5 Å². The highest BCUT2D eigenvalue weighted by Gasteiger charge is 2.04. The molecule has 2 aromatic heterocycles. The van der Waals surface area contributed by atoms with Crippen molar-refractivity contribution in [1.82, 2.24) is 9.97 Å². The van der Waals surface area contributed by atoms with Crippen molar-refractivity contribution in [1.29, 1.82) is 0 Å². The number of pyridine rings is 2. The number of hydrogen-bond donors (Lipinski definition) is 1. The van der Waals surface area contributed by atoms with Crippen LogP contribution in [0.5, 0.6) is 5.88 Å². The summed E-state index contributed by atoms with van der Waals surface area (Å²) in [6, 6.07) is 7.38. The molecule has 4 nitrogen and oxygen atoms in total. The van der Waals surface area contributed by atoms with Gasteiger partial charge in [0.25, 0.3) is 0 Å². The summed E-state index contributed by atoms with van der Waals surface area (Å²) in [4.78, 5) is 8.26. The lowest BCUT2D eigenvalue weighted by molar-refractivity contribution is 0.393. The standard InChI is InChI=1S/C12H12ClN3O/c1-17-12-9(4-2-7-15-12)8-16-11-10(13)5-3-6-14-11/h2-7H,8H2,1H3,(H,14,16). The van der Waals surface area contributed by atoms with Gasteiger partial charge in [-0.05, 0) is 18.2 Å². The molecule has 0 atom stereocenters. The van der Waals surface area contributed by atoms with Crippen molar-refractivity contribution < 1.29 is 4.74 Å². The summed E-state index contributed by atoms with van der Waals surface area (Å²) in [6.45, 7) is 0.563. The van der Waals surface area contributed by atoms with Crippen LogP contribution in [0.2, 0.25) is 5.02 Å². The molecule has 0 unspecified atom stereocenters. The van der Waals surface area contributed by atoms with Crippen LogP contribution in [-0.2, 0) is 6.54 Å². The first kappa shape index (κ1) is 11.7. The number of halogens is 1. The highest BCUT2D eigenvalue weighted by Crippen LogP contribution is 2.20. The van der Waals surface area contributed by atoms with Gasteiger partial charge in [-0.3, -0.25) is 0 Å². The number of hydrogen-bond acceptors (Lipinski definition) is 4. The summed E-state index contributed by atoms with van der Waals surface area (Å²) < 4.78 is 5.16. The maximum absolute atomic E-state index is 5.99. The fraction of sp³-hybridized carbons (Fsp3) is 0.167. The van der Waals surface area contributed by atoms with Crippen molar-refractivity contribution in [2.75, 3.05) is 12.4 Å². The van der Waals surface area contributed by atoms with E-state index in [0.717, 1.165) is 5.56 Å². The molecular formula is C12H12ClN3O. The third-order valence-corrected chi connectivity index (χ3v) is 2.55. The second kappa shape index (κ2) is 5.50. The minimum absolute atomic E-state index is 0.563. The zero-order chi connectivity index (χ0) is 12.1. The van der Waals surface area contributed by atoms with E-state index < -0.39 is 0 Å². The first-order chi connectivity index (χ1) is 8.31. The summed E-state index contributed by atoms with van der Waals surface area (Å²) in [5.74, 6) is 1.26. The molecule has 17 heavy (non-hydrogen) atoms. The second-order valence-corrected chi connectivity index (χ2v) is 3.77. The minimum atomic E-state index is 0.563. The Morgan fingerprint density at radius 3 is 2.76 bits per heavy atom. The molecule has 88 valence electrons. The Hall–Kier alpha value is -1.81. The van der Waals surface area contributed by atoms with E-state index in [-0.39, 0.29) is 0 Å². The molecule has 0 amide bonds. The third-order valence-electron chi connectivity index (χ3n) is 2.25. The molecule has 2 aromatic rings. The molecule has 0 aromatic carbocycles. The van der Waals surface area contributed by atoms with Gasteiger partial charge in [0.1, 0.15) is 5.82 Å². The Morgan fingerprint density at radius 1 is 1.24 bits per heavy atom. The van der Waals surface area contributed by atoms with Crippen LogP contribution in [-0.4, -0.2) is 17.1 Å². The van der Waals surface area contributed by atoms with E-state index >= 15 is 0 Å². The van der Waals surface area contributed by atoms with E-state index in [4.69, 9.17) is 16.3 Å². The predicted octanol–water partition coefficient (Wildman–Crippen LogP) is 2.75. The van der Waals surface area contributed by atoms with Crippen LogP contribution in [0.25, 0.3) is 0 Å². The Kier molecular flexibility index (Phi) is 3.77. The number of nitrogens with one attached hydrogen (secondary N) is 1. The van der Waals surface area contributed by atoms with E-state index in [0.29, 0.717) is 23.3 Å². The van der Waals surface area contributed by atoms with Gasteiger partial charge >= 0.3 is 0 Å². The molecule has 0 fully saturated rings. The monoisotopic (exact) mass is 249 g/mol. The van der Waals surface area contributed by atoms with Gasteiger partial charge in [-0.15, -0.1) is 0 Å². The van der Waals surface area contributed by atoms with Gasteiger partial charge < -0.3 is 10.1 Å². The molecular weight excluding hydrogens is 238 g/mol. The van der Waals surface area contributed by atoms with Gasteiger partial charge in [-0.2, -0.15) is 0 Å². The molecule has 0 saturated carbocycles. The Labute approximate surface area is 105 Å². The van der Waals surface area contributed by atoms with Crippen molar-refractivity contribution in [3.8, 4) is 5.88 Å². The molecule has 0 radical (unpaired) electrons. The van der Waals surface area contributed by atoms with Crippen LogP contribution in [0, 0.1) is 0 Å². The first-order valence-corrected chi connectivity index (χ1v) is 5.51. The number of aromatic nitrogens is 2. The van der Waals surface area contributed by atoms with E-state index in [1.807, 2.05) is 12.1 Å². The van der Waals surface area contributed by atoms with Crippen LogP contribution in [0.15, 0.2) is 36.7 Å². The summed E-state index contributed by atoms with van der Waals surface area (Å²) in [7, 11) is 1.60. The summed E-state index contributed by atoms with van der Waals surface area (Å²) in [5, 5.41) is 3.73. The number of nitrogens with zero attached hydrogens (tertiary/aromatic N) is 2. The summed E-state index contributed by atoms with van der Waals surface area (Å²) in [6.07, 6.45) is 3.38. The molecule has 0 bridgehead atoms. The fourth-order valence-electron chi connectivity index (χ4n) is 1.44. The molecule has 1 N–H and O–H groups in total. The highest BCUT2D eigenvalue weighted by molar-refractivity contribution is 6.32. The number of rotatable bonds is 4.